The van der Waals surface area contributed by atoms with Crippen LogP contribution in [0.15, 0.2) is 42.7 Å². The van der Waals surface area contributed by atoms with Crippen LogP contribution in [0.1, 0.15) is 5.56 Å². The minimum atomic E-state index is -1.11. The van der Waals surface area contributed by atoms with Crippen LogP contribution in [0.25, 0.3) is 0 Å². The quantitative estimate of drug-likeness (QED) is 0.792. The first kappa shape index (κ1) is 14.7. The van der Waals surface area contributed by atoms with Gasteiger partial charge >= 0.3 is 5.97 Å². The highest BCUT2D eigenvalue weighted by atomic mass is 16.5. The summed E-state index contributed by atoms with van der Waals surface area (Å²) in [6.07, 6.45) is 3.58. The molecule has 0 aliphatic rings. The van der Waals surface area contributed by atoms with Crippen molar-refractivity contribution in [1.29, 1.82) is 0 Å². The highest BCUT2D eigenvalue weighted by Gasteiger charge is 2.04. The van der Waals surface area contributed by atoms with Crippen molar-refractivity contribution < 1.29 is 19.4 Å². The smallest absolute Gasteiger partial charge is 0.329 e. The summed E-state index contributed by atoms with van der Waals surface area (Å²) in [7, 11) is 0. The minimum Gasteiger partial charge on any atom is -0.480 e. The van der Waals surface area contributed by atoms with E-state index in [-0.39, 0.29) is 6.61 Å². The van der Waals surface area contributed by atoms with Crippen molar-refractivity contribution >= 4 is 17.6 Å². The first-order valence-corrected chi connectivity index (χ1v) is 6.29. The van der Waals surface area contributed by atoms with Crippen LogP contribution in [-0.4, -0.2) is 40.0 Å². The van der Waals surface area contributed by atoms with Crippen LogP contribution in [0.4, 0.5) is 5.69 Å². The SMILES string of the molecule is O=C(O)COCC(=O)Nc1ccc(Cn2cccn2)cc1. The third kappa shape index (κ3) is 5.07. The van der Waals surface area contributed by atoms with Crippen LogP contribution < -0.4 is 5.32 Å². The van der Waals surface area contributed by atoms with E-state index in [4.69, 9.17) is 9.84 Å². The Hall–Kier alpha value is -2.67. The third-order valence-corrected chi connectivity index (χ3v) is 2.60. The Morgan fingerprint density at radius 1 is 1.24 bits per heavy atom. The highest BCUT2D eigenvalue weighted by Crippen LogP contribution is 2.10. The molecule has 7 heteroatoms. The van der Waals surface area contributed by atoms with Gasteiger partial charge in [-0.15, -0.1) is 0 Å². The molecule has 110 valence electrons. The molecule has 2 aromatic rings. The largest absolute Gasteiger partial charge is 0.480 e. The maximum absolute atomic E-state index is 11.5. The maximum atomic E-state index is 11.5. The molecule has 1 aromatic heterocycles. The monoisotopic (exact) mass is 289 g/mol. The van der Waals surface area contributed by atoms with Crippen LogP contribution in [-0.2, 0) is 20.9 Å². The molecule has 21 heavy (non-hydrogen) atoms. The molecular formula is C14H15N3O4. The topological polar surface area (TPSA) is 93.5 Å². The van der Waals surface area contributed by atoms with Gasteiger partial charge in [0.1, 0.15) is 13.2 Å². The fraction of sp³-hybridized carbons (Fsp3) is 0.214. The van der Waals surface area contributed by atoms with E-state index in [1.54, 1.807) is 23.0 Å². The van der Waals surface area contributed by atoms with Crippen molar-refractivity contribution in [2.75, 3.05) is 18.5 Å². The summed E-state index contributed by atoms with van der Waals surface area (Å²) in [5.41, 5.74) is 1.68. The van der Waals surface area contributed by atoms with Crippen molar-refractivity contribution in [3.63, 3.8) is 0 Å². The molecule has 2 N–H and O–H groups in total. The number of hydrogen-bond donors (Lipinski definition) is 2. The fourth-order valence-corrected chi connectivity index (χ4v) is 1.70. The number of aliphatic carboxylic acids is 1. The zero-order chi connectivity index (χ0) is 15.1. The fourth-order valence-electron chi connectivity index (χ4n) is 1.70. The number of carbonyl (C=O) groups excluding carboxylic acids is 1. The summed E-state index contributed by atoms with van der Waals surface area (Å²) < 4.78 is 6.50. The zero-order valence-corrected chi connectivity index (χ0v) is 11.2. The van der Waals surface area contributed by atoms with E-state index in [1.807, 2.05) is 24.4 Å². The molecule has 0 unspecified atom stereocenters. The molecule has 0 aliphatic carbocycles. The first-order chi connectivity index (χ1) is 10.1. The third-order valence-electron chi connectivity index (χ3n) is 2.60. The van der Waals surface area contributed by atoms with Gasteiger partial charge in [-0.3, -0.25) is 9.48 Å². The van der Waals surface area contributed by atoms with Gasteiger partial charge in [0, 0.05) is 18.1 Å². The van der Waals surface area contributed by atoms with Crippen LogP contribution in [0.2, 0.25) is 0 Å². The van der Waals surface area contributed by atoms with Gasteiger partial charge in [0.2, 0.25) is 5.91 Å². The average molecular weight is 289 g/mol. The molecule has 0 spiro atoms. The summed E-state index contributed by atoms with van der Waals surface area (Å²) in [6, 6.07) is 9.17. The number of rotatable bonds is 7. The predicted molar refractivity (Wildman–Crippen MR) is 74.9 cm³/mol. The Morgan fingerprint density at radius 3 is 2.62 bits per heavy atom. The lowest BCUT2D eigenvalue weighted by atomic mass is 10.2. The predicted octanol–water partition coefficient (Wildman–Crippen LogP) is 0.971. The number of benzene rings is 1. The van der Waals surface area contributed by atoms with Gasteiger partial charge in [-0.25, -0.2) is 4.79 Å². The number of carbonyl (C=O) groups is 2. The first-order valence-electron chi connectivity index (χ1n) is 6.29. The molecule has 2 rings (SSSR count). The van der Waals surface area contributed by atoms with E-state index >= 15 is 0 Å². The number of aromatic nitrogens is 2. The van der Waals surface area contributed by atoms with E-state index in [1.165, 1.54) is 0 Å². The van der Waals surface area contributed by atoms with E-state index in [2.05, 4.69) is 10.4 Å². The molecule has 0 bridgehead atoms. The standard InChI is InChI=1S/C14H15N3O4/c18-13(9-21-10-14(19)20)16-12-4-2-11(3-5-12)8-17-7-1-6-15-17/h1-7H,8-10H2,(H,16,18)(H,19,20). The van der Waals surface area contributed by atoms with Crippen molar-refractivity contribution in [2.45, 2.75) is 6.54 Å². The van der Waals surface area contributed by atoms with Crippen LogP contribution >= 0.6 is 0 Å². The van der Waals surface area contributed by atoms with Gasteiger partial charge in [-0.2, -0.15) is 5.10 Å². The Kier molecular flexibility index (Phi) is 5.05. The lowest BCUT2D eigenvalue weighted by Gasteiger charge is -2.07. The lowest BCUT2D eigenvalue weighted by molar-refractivity contribution is -0.143. The second kappa shape index (κ2) is 7.20. The molecule has 0 saturated carbocycles. The number of anilines is 1. The van der Waals surface area contributed by atoms with Gasteiger partial charge in [0.05, 0.1) is 6.54 Å². The average Bonchev–Trinajstić information content (AvgIpc) is 2.93. The van der Waals surface area contributed by atoms with E-state index < -0.39 is 18.5 Å². The molecular weight excluding hydrogens is 274 g/mol. The molecule has 1 aromatic carbocycles. The molecule has 0 radical (unpaired) electrons. The van der Waals surface area contributed by atoms with Crippen molar-refractivity contribution in [2.24, 2.45) is 0 Å². The number of hydrogen-bond acceptors (Lipinski definition) is 4. The number of carboxylic acid groups (broad SMARTS) is 1. The van der Waals surface area contributed by atoms with E-state index in [9.17, 15) is 9.59 Å². The number of nitrogens with one attached hydrogen (secondary N) is 1. The number of nitrogens with zero attached hydrogens (tertiary/aromatic N) is 2. The summed E-state index contributed by atoms with van der Waals surface area (Å²) >= 11 is 0. The maximum Gasteiger partial charge on any atom is 0.329 e. The summed E-state index contributed by atoms with van der Waals surface area (Å²) in [6.45, 7) is -0.124. The second-order valence-electron chi connectivity index (χ2n) is 4.34. The zero-order valence-electron chi connectivity index (χ0n) is 11.2. The normalized spacial score (nSPS) is 10.3. The molecule has 0 atom stereocenters. The molecule has 7 nitrogen and oxygen atoms in total. The molecule has 0 fully saturated rings. The summed E-state index contributed by atoms with van der Waals surface area (Å²) in [5.74, 6) is -1.50. The van der Waals surface area contributed by atoms with Crippen LogP contribution in [0.3, 0.4) is 0 Å². The Labute approximate surface area is 121 Å². The van der Waals surface area contributed by atoms with Gasteiger partial charge < -0.3 is 15.2 Å². The Bertz CT molecular complexity index is 593. The summed E-state index contributed by atoms with van der Waals surface area (Å²) in [5, 5.41) is 15.1. The molecule has 0 aliphatic heterocycles. The number of ether oxygens (including phenoxy) is 1. The Morgan fingerprint density at radius 2 is 2.00 bits per heavy atom. The van der Waals surface area contributed by atoms with Crippen molar-refractivity contribution in [3.8, 4) is 0 Å². The minimum absolute atomic E-state index is 0.290. The van der Waals surface area contributed by atoms with Crippen LogP contribution in [0.5, 0.6) is 0 Å². The number of carboxylic acids is 1. The number of amides is 1. The van der Waals surface area contributed by atoms with E-state index in [0.29, 0.717) is 12.2 Å². The molecule has 1 amide bonds. The second-order valence-corrected chi connectivity index (χ2v) is 4.34. The lowest BCUT2D eigenvalue weighted by Crippen LogP contribution is -2.20. The van der Waals surface area contributed by atoms with Crippen LogP contribution in [0, 0.1) is 0 Å². The van der Waals surface area contributed by atoms with Gasteiger partial charge in [-0.05, 0) is 23.8 Å². The molecule has 0 saturated heterocycles. The molecule has 1 heterocycles. The van der Waals surface area contributed by atoms with Crippen molar-refractivity contribution in [3.05, 3.63) is 48.3 Å². The Balaban J connectivity index is 1.81. The van der Waals surface area contributed by atoms with Gasteiger partial charge in [-0.1, -0.05) is 12.1 Å². The summed E-state index contributed by atoms with van der Waals surface area (Å²) in [4.78, 5) is 21.7. The highest BCUT2D eigenvalue weighted by molar-refractivity contribution is 5.91. The van der Waals surface area contributed by atoms with Gasteiger partial charge in [0.25, 0.3) is 0 Å². The van der Waals surface area contributed by atoms with Gasteiger partial charge in [0.15, 0.2) is 0 Å². The van der Waals surface area contributed by atoms with Crippen molar-refractivity contribution in [1.82, 2.24) is 9.78 Å². The van der Waals surface area contributed by atoms with E-state index in [0.717, 1.165) is 5.56 Å².